The molecule has 1 heterocycles. The Kier molecular flexibility index (Phi) is 6.84. The van der Waals surface area contributed by atoms with Gasteiger partial charge in [0.25, 0.3) is 0 Å². The minimum Gasteiger partial charge on any atom is -0.469 e. The number of ether oxygens (including phenoxy) is 1. The summed E-state index contributed by atoms with van der Waals surface area (Å²) in [7, 11) is 1.42. The lowest BCUT2D eigenvalue weighted by molar-refractivity contribution is -0.147. The molecule has 1 aliphatic heterocycles. The van der Waals surface area contributed by atoms with Gasteiger partial charge in [-0.15, -0.1) is 0 Å². The maximum absolute atomic E-state index is 11.8. The number of methoxy groups -OCH3 is 1. The van der Waals surface area contributed by atoms with Crippen LogP contribution in [0.3, 0.4) is 0 Å². The highest BCUT2D eigenvalue weighted by Crippen LogP contribution is 2.17. The Morgan fingerprint density at radius 1 is 1.42 bits per heavy atom. The Labute approximate surface area is 115 Å². The van der Waals surface area contributed by atoms with Gasteiger partial charge in [-0.1, -0.05) is 13.8 Å². The fourth-order valence-corrected chi connectivity index (χ4v) is 2.32. The molecule has 5 heteroatoms. The SMILES string of the molecule is COC(=O)C1CCCN(CC(=O)NCCC(C)C)C1. The van der Waals surface area contributed by atoms with Crippen molar-refractivity contribution in [3.05, 3.63) is 0 Å². The lowest BCUT2D eigenvalue weighted by Gasteiger charge is -2.30. The van der Waals surface area contributed by atoms with Crippen LogP contribution in [0.15, 0.2) is 0 Å². The molecule has 0 aromatic heterocycles. The number of hydrogen-bond donors (Lipinski definition) is 1. The zero-order chi connectivity index (χ0) is 14.3. The van der Waals surface area contributed by atoms with E-state index in [1.165, 1.54) is 7.11 Å². The lowest BCUT2D eigenvalue weighted by Crippen LogP contribution is -2.44. The van der Waals surface area contributed by atoms with E-state index in [2.05, 4.69) is 19.2 Å². The van der Waals surface area contributed by atoms with Gasteiger partial charge in [0, 0.05) is 13.1 Å². The summed E-state index contributed by atoms with van der Waals surface area (Å²) >= 11 is 0. The molecule has 0 spiro atoms. The van der Waals surface area contributed by atoms with Crippen LogP contribution in [-0.2, 0) is 14.3 Å². The number of esters is 1. The van der Waals surface area contributed by atoms with E-state index >= 15 is 0 Å². The minimum atomic E-state index is -0.162. The van der Waals surface area contributed by atoms with Crippen LogP contribution < -0.4 is 5.32 Å². The molecule has 1 atom stereocenters. The fraction of sp³-hybridized carbons (Fsp3) is 0.857. The maximum Gasteiger partial charge on any atom is 0.309 e. The smallest absolute Gasteiger partial charge is 0.309 e. The number of likely N-dealkylation sites (tertiary alicyclic amines) is 1. The topological polar surface area (TPSA) is 58.6 Å². The maximum atomic E-state index is 11.8. The van der Waals surface area contributed by atoms with Crippen molar-refractivity contribution in [3.8, 4) is 0 Å². The number of rotatable bonds is 6. The van der Waals surface area contributed by atoms with Gasteiger partial charge < -0.3 is 10.1 Å². The van der Waals surface area contributed by atoms with Gasteiger partial charge in [0.15, 0.2) is 0 Å². The van der Waals surface area contributed by atoms with Crippen molar-refractivity contribution in [2.24, 2.45) is 11.8 Å². The van der Waals surface area contributed by atoms with E-state index in [1.54, 1.807) is 0 Å². The first-order valence-electron chi connectivity index (χ1n) is 7.09. The van der Waals surface area contributed by atoms with Crippen LogP contribution in [0.1, 0.15) is 33.1 Å². The molecular formula is C14H26N2O3. The van der Waals surface area contributed by atoms with Crippen molar-refractivity contribution in [2.75, 3.05) is 33.3 Å². The van der Waals surface area contributed by atoms with E-state index in [0.717, 1.165) is 32.4 Å². The average Bonchev–Trinajstić information content (AvgIpc) is 2.37. The number of amides is 1. The summed E-state index contributed by atoms with van der Waals surface area (Å²) < 4.78 is 4.77. The highest BCUT2D eigenvalue weighted by atomic mass is 16.5. The molecule has 19 heavy (non-hydrogen) atoms. The van der Waals surface area contributed by atoms with Crippen LogP contribution >= 0.6 is 0 Å². The summed E-state index contributed by atoms with van der Waals surface area (Å²) in [6, 6.07) is 0. The summed E-state index contributed by atoms with van der Waals surface area (Å²) in [5.74, 6) is 0.400. The third kappa shape index (κ3) is 6.05. The number of piperidine rings is 1. The molecule has 1 aliphatic rings. The Morgan fingerprint density at radius 3 is 2.79 bits per heavy atom. The van der Waals surface area contributed by atoms with E-state index in [4.69, 9.17) is 4.74 Å². The van der Waals surface area contributed by atoms with Crippen LogP contribution in [0.5, 0.6) is 0 Å². The monoisotopic (exact) mass is 270 g/mol. The molecule has 110 valence electrons. The average molecular weight is 270 g/mol. The molecule has 0 saturated carbocycles. The molecule has 0 aromatic carbocycles. The number of carbonyl (C=O) groups is 2. The largest absolute Gasteiger partial charge is 0.469 e. The molecular weight excluding hydrogens is 244 g/mol. The number of nitrogens with one attached hydrogen (secondary N) is 1. The first-order valence-corrected chi connectivity index (χ1v) is 7.09. The van der Waals surface area contributed by atoms with Crippen molar-refractivity contribution in [2.45, 2.75) is 33.1 Å². The van der Waals surface area contributed by atoms with E-state index in [1.807, 2.05) is 4.90 Å². The Bertz CT molecular complexity index is 305. The van der Waals surface area contributed by atoms with Gasteiger partial charge in [0.05, 0.1) is 19.6 Å². The number of nitrogens with zero attached hydrogens (tertiary/aromatic N) is 1. The third-order valence-corrected chi connectivity index (χ3v) is 3.45. The number of hydrogen-bond acceptors (Lipinski definition) is 4. The van der Waals surface area contributed by atoms with E-state index in [0.29, 0.717) is 19.0 Å². The Morgan fingerprint density at radius 2 is 2.16 bits per heavy atom. The molecule has 0 aliphatic carbocycles. The molecule has 0 aromatic rings. The zero-order valence-electron chi connectivity index (χ0n) is 12.3. The van der Waals surface area contributed by atoms with Crippen LogP contribution in [-0.4, -0.2) is 50.1 Å². The summed E-state index contributed by atoms with van der Waals surface area (Å²) in [6.45, 7) is 6.89. The first-order chi connectivity index (χ1) is 9.02. The molecule has 0 bridgehead atoms. The van der Waals surface area contributed by atoms with Gasteiger partial charge in [0.1, 0.15) is 0 Å². The van der Waals surface area contributed by atoms with Crippen molar-refractivity contribution < 1.29 is 14.3 Å². The highest BCUT2D eigenvalue weighted by molar-refractivity contribution is 5.78. The number of carbonyl (C=O) groups excluding carboxylic acids is 2. The summed E-state index contributed by atoms with van der Waals surface area (Å²) in [6.07, 6.45) is 2.80. The molecule has 1 N–H and O–H groups in total. The van der Waals surface area contributed by atoms with Crippen LogP contribution in [0.25, 0.3) is 0 Å². The second-order valence-electron chi connectivity index (χ2n) is 5.63. The highest BCUT2D eigenvalue weighted by Gasteiger charge is 2.27. The van der Waals surface area contributed by atoms with Gasteiger partial charge >= 0.3 is 5.97 Å². The van der Waals surface area contributed by atoms with Gasteiger partial charge in [-0.3, -0.25) is 14.5 Å². The summed E-state index contributed by atoms with van der Waals surface area (Å²) in [5.41, 5.74) is 0. The zero-order valence-corrected chi connectivity index (χ0v) is 12.3. The predicted molar refractivity (Wildman–Crippen MR) is 73.6 cm³/mol. The Hall–Kier alpha value is -1.10. The standard InChI is InChI=1S/C14H26N2O3/c1-11(2)6-7-15-13(17)10-16-8-4-5-12(9-16)14(18)19-3/h11-12H,4-10H2,1-3H3,(H,15,17). The van der Waals surface area contributed by atoms with E-state index in [9.17, 15) is 9.59 Å². The summed E-state index contributed by atoms with van der Waals surface area (Å²) in [4.78, 5) is 25.3. The lowest BCUT2D eigenvalue weighted by atomic mass is 9.98. The van der Waals surface area contributed by atoms with Gasteiger partial charge in [-0.2, -0.15) is 0 Å². The van der Waals surface area contributed by atoms with Crippen LogP contribution in [0.2, 0.25) is 0 Å². The van der Waals surface area contributed by atoms with Crippen LogP contribution in [0, 0.1) is 11.8 Å². The van der Waals surface area contributed by atoms with Crippen molar-refractivity contribution >= 4 is 11.9 Å². The predicted octanol–water partition coefficient (Wildman–Crippen LogP) is 1.03. The first kappa shape index (κ1) is 16.0. The van der Waals surface area contributed by atoms with Crippen molar-refractivity contribution in [1.29, 1.82) is 0 Å². The third-order valence-electron chi connectivity index (χ3n) is 3.45. The Balaban J connectivity index is 2.27. The molecule has 0 radical (unpaired) electrons. The second-order valence-corrected chi connectivity index (χ2v) is 5.63. The molecule has 1 unspecified atom stereocenters. The molecule has 1 rings (SSSR count). The molecule has 1 saturated heterocycles. The van der Waals surface area contributed by atoms with Crippen molar-refractivity contribution in [3.63, 3.8) is 0 Å². The molecule has 5 nitrogen and oxygen atoms in total. The minimum absolute atomic E-state index is 0.0474. The fourth-order valence-electron chi connectivity index (χ4n) is 2.32. The summed E-state index contributed by atoms with van der Waals surface area (Å²) in [5, 5.41) is 2.92. The van der Waals surface area contributed by atoms with E-state index in [-0.39, 0.29) is 17.8 Å². The van der Waals surface area contributed by atoms with Gasteiger partial charge in [-0.25, -0.2) is 0 Å². The van der Waals surface area contributed by atoms with E-state index < -0.39 is 0 Å². The van der Waals surface area contributed by atoms with Gasteiger partial charge in [0.2, 0.25) is 5.91 Å². The molecule has 1 amide bonds. The van der Waals surface area contributed by atoms with Gasteiger partial charge in [-0.05, 0) is 31.7 Å². The van der Waals surface area contributed by atoms with Crippen LogP contribution in [0.4, 0.5) is 0 Å². The quantitative estimate of drug-likeness (QED) is 0.733. The van der Waals surface area contributed by atoms with Crippen molar-refractivity contribution in [1.82, 2.24) is 10.2 Å². The normalized spacial score (nSPS) is 20.3. The molecule has 1 fully saturated rings. The second kappa shape index (κ2) is 8.15.